The normalized spacial score (nSPS) is 19.2. The summed E-state index contributed by atoms with van der Waals surface area (Å²) in [5.74, 6) is 0.320. The fourth-order valence-electron chi connectivity index (χ4n) is 2.33. The summed E-state index contributed by atoms with van der Waals surface area (Å²) in [5, 5.41) is 13.3. The molecule has 1 aromatic carbocycles. The molecule has 1 aliphatic heterocycles. The number of carbonyl (C=O) groups is 1. The van der Waals surface area contributed by atoms with Crippen molar-refractivity contribution < 1.29 is 9.90 Å². The van der Waals surface area contributed by atoms with Crippen molar-refractivity contribution >= 4 is 17.5 Å². The first kappa shape index (κ1) is 13.2. The first-order chi connectivity index (χ1) is 8.61. The maximum atomic E-state index is 12.2. The summed E-state index contributed by atoms with van der Waals surface area (Å²) in [6.45, 7) is 2.39. The predicted octanol–water partition coefficient (Wildman–Crippen LogP) is 1.73. The van der Waals surface area contributed by atoms with Crippen LogP contribution in [0.5, 0.6) is 5.75 Å². The highest BCUT2D eigenvalue weighted by atomic mass is 35.5. The van der Waals surface area contributed by atoms with Crippen LogP contribution < -0.4 is 5.32 Å². The number of hydrogen-bond acceptors (Lipinski definition) is 3. The molecule has 0 aliphatic carbocycles. The molecule has 1 amide bonds. The number of aromatic hydroxyl groups is 1. The number of halogens is 1. The fraction of sp³-hybridized carbons (Fsp3) is 0.462. The van der Waals surface area contributed by atoms with Gasteiger partial charge in [-0.3, -0.25) is 4.79 Å². The highest BCUT2D eigenvalue weighted by molar-refractivity contribution is 6.30. The molecule has 1 aliphatic rings. The van der Waals surface area contributed by atoms with Crippen molar-refractivity contribution in [1.82, 2.24) is 10.2 Å². The van der Waals surface area contributed by atoms with Crippen LogP contribution in [0.2, 0.25) is 5.02 Å². The summed E-state index contributed by atoms with van der Waals surface area (Å²) in [6, 6.07) is 4.59. The van der Waals surface area contributed by atoms with Crippen LogP contribution >= 0.6 is 11.6 Å². The highest BCUT2D eigenvalue weighted by Gasteiger charge is 2.27. The molecular formula is C13H17ClN2O2. The summed E-state index contributed by atoms with van der Waals surface area (Å²) in [5.41, 5.74) is 0.324. The van der Waals surface area contributed by atoms with Crippen LogP contribution in [0, 0.1) is 5.92 Å². The van der Waals surface area contributed by atoms with Gasteiger partial charge in [-0.1, -0.05) is 11.6 Å². The lowest BCUT2D eigenvalue weighted by molar-refractivity contribution is 0.0784. The van der Waals surface area contributed by atoms with E-state index in [0.29, 0.717) is 16.5 Å². The van der Waals surface area contributed by atoms with Crippen LogP contribution in [0.25, 0.3) is 0 Å². The lowest BCUT2D eigenvalue weighted by Crippen LogP contribution is -2.30. The molecule has 18 heavy (non-hydrogen) atoms. The average Bonchev–Trinajstić information content (AvgIpc) is 2.77. The third-order valence-electron chi connectivity index (χ3n) is 3.26. The molecule has 1 aromatic rings. The van der Waals surface area contributed by atoms with Crippen molar-refractivity contribution in [2.24, 2.45) is 5.92 Å². The quantitative estimate of drug-likeness (QED) is 0.878. The number of phenolic OH excluding ortho intramolecular Hbond substituents is 1. The molecule has 1 unspecified atom stereocenters. The Morgan fingerprint density at radius 2 is 2.39 bits per heavy atom. The molecule has 1 atom stereocenters. The number of hydrogen-bond donors (Lipinski definition) is 2. The van der Waals surface area contributed by atoms with Crippen molar-refractivity contribution in [2.75, 3.05) is 26.7 Å². The van der Waals surface area contributed by atoms with Crippen LogP contribution in [-0.4, -0.2) is 42.6 Å². The van der Waals surface area contributed by atoms with Gasteiger partial charge >= 0.3 is 0 Å². The zero-order valence-electron chi connectivity index (χ0n) is 10.3. The van der Waals surface area contributed by atoms with E-state index in [1.807, 2.05) is 7.05 Å². The minimum atomic E-state index is -0.122. The molecule has 0 spiro atoms. The molecule has 1 fully saturated rings. The third-order valence-corrected chi connectivity index (χ3v) is 3.49. The second kappa shape index (κ2) is 5.59. The van der Waals surface area contributed by atoms with Gasteiger partial charge < -0.3 is 15.3 Å². The minimum Gasteiger partial charge on any atom is -0.507 e. The molecule has 1 heterocycles. The topological polar surface area (TPSA) is 52.6 Å². The van der Waals surface area contributed by atoms with Crippen molar-refractivity contribution in [3.63, 3.8) is 0 Å². The molecule has 98 valence electrons. The van der Waals surface area contributed by atoms with Crippen molar-refractivity contribution in [3.05, 3.63) is 28.8 Å². The Morgan fingerprint density at radius 3 is 3.06 bits per heavy atom. The lowest BCUT2D eigenvalue weighted by Gasteiger charge is -2.17. The smallest absolute Gasteiger partial charge is 0.257 e. The summed E-state index contributed by atoms with van der Waals surface area (Å²) < 4.78 is 0. The van der Waals surface area contributed by atoms with Gasteiger partial charge in [-0.2, -0.15) is 0 Å². The van der Waals surface area contributed by atoms with E-state index < -0.39 is 0 Å². The summed E-state index contributed by atoms with van der Waals surface area (Å²) >= 11 is 5.75. The van der Waals surface area contributed by atoms with E-state index in [-0.39, 0.29) is 11.7 Å². The Balaban J connectivity index is 2.08. The Kier molecular flexibility index (Phi) is 4.09. The zero-order valence-corrected chi connectivity index (χ0v) is 11.1. The average molecular weight is 269 g/mol. The number of nitrogens with one attached hydrogen (secondary N) is 1. The molecule has 0 saturated carbocycles. The van der Waals surface area contributed by atoms with Crippen molar-refractivity contribution in [2.45, 2.75) is 6.42 Å². The van der Waals surface area contributed by atoms with Gasteiger partial charge in [0.15, 0.2) is 0 Å². The van der Waals surface area contributed by atoms with E-state index >= 15 is 0 Å². The van der Waals surface area contributed by atoms with Crippen LogP contribution in [0.1, 0.15) is 16.8 Å². The Bertz CT molecular complexity index is 451. The van der Waals surface area contributed by atoms with Gasteiger partial charge in [0.05, 0.1) is 5.56 Å². The van der Waals surface area contributed by atoms with Gasteiger partial charge in [0.25, 0.3) is 5.91 Å². The van der Waals surface area contributed by atoms with E-state index in [4.69, 9.17) is 11.6 Å². The van der Waals surface area contributed by atoms with Crippen molar-refractivity contribution in [1.29, 1.82) is 0 Å². The Morgan fingerprint density at radius 1 is 1.61 bits per heavy atom. The minimum absolute atomic E-state index is 0.0513. The summed E-state index contributed by atoms with van der Waals surface area (Å²) in [4.78, 5) is 14.0. The number of phenols is 1. The van der Waals surface area contributed by atoms with E-state index in [1.165, 1.54) is 6.07 Å². The van der Waals surface area contributed by atoms with Crippen LogP contribution in [-0.2, 0) is 0 Å². The molecule has 0 radical (unpaired) electrons. The van der Waals surface area contributed by atoms with Crippen LogP contribution in [0.4, 0.5) is 0 Å². The van der Waals surface area contributed by atoms with Crippen LogP contribution in [0.3, 0.4) is 0 Å². The molecular weight excluding hydrogens is 252 g/mol. The molecule has 4 nitrogen and oxygen atoms in total. The first-order valence-corrected chi connectivity index (χ1v) is 6.42. The predicted molar refractivity (Wildman–Crippen MR) is 71.1 cm³/mol. The fourth-order valence-corrected chi connectivity index (χ4v) is 2.49. The van der Waals surface area contributed by atoms with Gasteiger partial charge in [0.1, 0.15) is 5.75 Å². The Labute approximate surface area is 112 Å². The van der Waals surface area contributed by atoms with Gasteiger partial charge in [-0.25, -0.2) is 0 Å². The van der Waals surface area contributed by atoms with Gasteiger partial charge in [-0.15, -0.1) is 0 Å². The highest BCUT2D eigenvalue weighted by Crippen LogP contribution is 2.25. The summed E-state index contributed by atoms with van der Waals surface area (Å²) in [7, 11) is 1.91. The Hall–Kier alpha value is -1.26. The number of amides is 1. The second-order valence-corrected chi connectivity index (χ2v) is 5.06. The SMILES string of the molecule is CNCC1CCN(C(=O)c2ccc(Cl)cc2O)C1. The maximum absolute atomic E-state index is 12.2. The molecule has 1 saturated heterocycles. The molecule has 2 rings (SSSR count). The van der Waals surface area contributed by atoms with E-state index in [2.05, 4.69) is 5.32 Å². The molecule has 2 N–H and O–H groups in total. The van der Waals surface area contributed by atoms with Gasteiger partial charge in [0, 0.05) is 18.1 Å². The maximum Gasteiger partial charge on any atom is 0.257 e. The molecule has 0 bridgehead atoms. The lowest BCUT2D eigenvalue weighted by atomic mass is 10.1. The van der Waals surface area contributed by atoms with Gasteiger partial charge in [0.2, 0.25) is 0 Å². The molecule has 5 heteroatoms. The largest absolute Gasteiger partial charge is 0.507 e. The van der Waals surface area contributed by atoms with E-state index in [0.717, 1.165) is 26.1 Å². The number of nitrogens with zero attached hydrogens (tertiary/aromatic N) is 1. The number of carbonyl (C=O) groups excluding carboxylic acids is 1. The monoisotopic (exact) mass is 268 g/mol. The molecule has 0 aromatic heterocycles. The van der Waals surface area contributed by atoms with Gasteiger partial charge in [-0.05, 0) is 44.1 Å². The second-order valence-electron chi connectivity index (χ2n) is 4.63. The first-order valence-electron chi connectivity index (χ1n) is 6.04. The number of benzene rings is 1. The third kappa shape index (κ3) is 2.76. The van der Waals surface area contributed by atoms with Crippen molar-refractivity contribution in [3.8, 4) is 5.75 Å². The number of rotatable bonds is 3. The zero-order chi connectivity index (χ0) is 13.1. The van der Waals surface area contributed by atoms with E-state index in [1.54, 1.807) is 17.0 Å². The van der Waals surface area contributed by atoms with E-state index in [9.17, 15) is 9.90 Å². The standard InChI is InChI=1S/C13H17ClN2O2/c1-15-7-9-4-5-16(8-9)13(18)11-3-2-10(14)6-12(11)17/h2-3,6,9,15,17H,4-5,7-8H2,1H3. The van der Waals surface area contributed by atoms with Crippen LogP contribution in [0.15, 0.2) is 18.2 Å². The number of likely N-dealkylation sites (tertiary alicyclic amines) is 1. The summed E-state index contributed by atoms with van der Waals surface area (Å²) in [6.07, 6.45) is 1.00.